The summed E-state index contributed by atoms with van der Waals surface area (Å²) >= 11 is 0. The number of benzene rings is 1. The molecule has 20 heavy (non-hydrogen) atoms. The summed E-state index contributed by atoms with van der Waals surface area (Å²) in [7, 11) is 0. The van der Waals surface area contributed by atoms with Gasteiger partial charge in [0.25, 0.3) is 0 Å². The molecule has 1 aromatic heterocycles. The molecule has 0 amide bonds. The van der Waals surface area contributed by atoms with E-state index in [2.05, 4.69) is 46.4 Å². The van der Waals surface area contributed by atoms with Gasteiger partial charge in [0.05, 0.1) is 0 Å². The number of rotatable bonds is 5. The quantitative estimate of drug-likeness (QED) is 0.820. The highest BCUT2D eigenvalue weighted by Gasteiger charge is 2.13. The lowest BCUT2D eigenvalue weighted by Crippen LogP contribution is -2.19. The first kappa shape index (κ1) is 13.4. The van der Waals surface area contributed by atoms with E-state index in [1.54, 1.807) is 0 Å². The number of hydrogen-bond acceptors (Lipinski definition) is 2. The van der Waals surface area contributed by atoms with Crippen molar-refractivity contribution >= 4 is 16.5 Å². The van der Waals surface area contributed by atoms with Gasteiger partial charge in [-0.15, -0.1) is 0 Å². The van der Waals surface area contributed by atoms with Gasteiger partial charge in [0.2, 0.25) is 0 Å². The highest BCUT2D eigenvalue weighted by molar-refractivity contribution is 5.93. The second-order valence-electron chi connectivity index (χ2n) is 5.37. The minimum atomic E-state index is 0.281. The summed E-state index contributed by atoms with van der Waals surface area (Å²) in [4.78, 5) is 0. The van der Waals surface area contributed by atoms with Crippen LogP contribution in [0.4, 0.5) is 0 Å². The van der Waals surface area contributed by atoms with Gasteiger partial charge in [-0.1, -0.05) is 24.3 Å². The zero-order chi connectivity index (χ0) is 13.8. The zero-order valence-electron chi connectivity index (χ0n) is 11.8. The van der Waals surface area contributed by atoms with Crippen molar-refractivity contribution in [2.45, 2.75) is 25.8 Å². The van der Waals surface area contributed by atoms with Gasteiger partial charge in [-0.25, -0.2) is 0 Å². The molecule has 3 nitrogen and oxygen atoms in total. The monoisotopic (exact) mass is 270 g/mol. The van der Waals surface area contributed by atoms with Crippen molar-refractivity contribution < 1.29 is 5.11 Å². The summed E-state index contributed by atoms with van der Waals surface area (Å²) in [6.45, 7) is 3.30. The molecule has 0 saturated carbocycles. The number of aliphatic hydroxyl groups is 1. The number of para-hydroxylation sites is 1. The Balaban J connectivity index is 1.97. The normalized spacial score (nSPS) is 15.6. The van der Waals surface area contributed by atoms with Gasteiger partial charge in [-0.05, 0) is 37.4 Å². The molecule has 106 valence electrons. The molecule has 3 heteroatoms. The summed E-state index contributed by atoms with van der Waals surface area (Å²) in [6, 6.07) is 8.63. The number of fused-ring (bicyclic) bond motifs is 1. The van der Waals surface area contributed by atoms with Crippen LogP contribution in [-0.2, 0) is 6.54 Å². The highest BCUT2D eigenvalue weighted by atomic mass is 16.2. The van der Waals surface area contributed by atoms with Gasteiger partial charge in [-0.3, -0.25) is 0 Å². The van der Waals surface area contributed by atoms with Gasteiger partial charge < -0.3 is 15.0 Å². The van der Waals surface area contributed by atoms with E-state index in [0.717, 1.165) is 38.9 Å². The van der Waals surface area contributed by atoms with Crippen molar-refractivity contribution in [3.05, 3.63) is 42.1 Å². The molecule has 0 bridgehead atoms. The van der Waals surface area contributed by atoms with Crippen LogP contribution in [-0.4, -0.2) is 29.4 Å². The number of aromatic nitrogens is 1. The number of hydrogen-bond donors (Lipinski definition) is 2. The molecule has 1 aromatic carbocycles. The van der Waals surface area contributed by atoms with Crippen LogP contribution in [0.3, 0.4) is 0 Å². The topological polar surface area (TPSA) is 37.2 Å². The molecule has 2 heterocycles. The smallest absolute Gasteiger partial charge is 0.0486 e. The Morgan fingerprint density at radius 2 is 2.10 bits per heavy atom. The molecule has 3 rings (SSSR count). The number of unbranched alkanes of at least 4 members (excludes halogenated alkanes) is 1. The molecule has 0 saturated heterocycles. The van der Waals surface area contributed by atoms with Crippen LogP contribution in [0.15, 0.2) is 36.5 Å². The maximum atomic E-state index is 8.94. The first-order valence-corrected chi connectivity index (χ1v) is 7.49. The van der Waals surface area contributed by atoms with Gasteiger partial charge in [0, 0.05) is 42.4 Å². The minimum Gasteiger partial charge on any atom is -0.396 e. The van der Waals surface area contributed by atoms with Crippen LogP contribution >= 0.6 is 0 Å². The number of nitrogens with zero attached hydrogens (tertiary/aromatic N) is 1. The van der Waals surface area contributed by atoms with Crippen molar-refractivity contribution in [3.8, 4) is 0 Å². The Bertz CT molecular complexity index is 612. The molecular formula is C17H22N2O. The van der Waals surface area contributed by atoms with Crippen molar-refractivity contribution in [1.82, 2.24) is 9.88 Å². The molecule has 0 aliphatic carbocycles. The van der Waals surface area contributed by atoms with E-state index in [9.17, 15) is 0 Å². The average Bonchev–Trinajstić information content (AvgIpc) is 2.88. The molecule has 1 aliphatic heterocycles. The maximum Gasteiger partial charge on any atom is 0.0486 e. The van der Waals surface area contributed by atoms with Crippen LogP contribution in [0.2, 0.25) is 0 Å². The second-order valence-corrected chi connectivity index (χ2v) is 5.37. The SMILES string of the molecule is OCCCCn1cc(C2=CCNCC2)c2ccccc21. The Kier molecular flexibility index (Phi) is 4.19. The van der Waals surface area contributed by atoms with Gasteiger partial charge in [0.15, 0.2) is 0 Å². The Labute approximate surface area is 119 Å². The van der Waals surface area contributed by atoms with E-state index in [1.807, 2.05) is 0 Å². The van der Waals surface area contributed by atoms with E-state index < -0.39 is 0 Å². The number of aryl methyl sites for hydroxylation is 1. The lowest BCUT2D eigenvalue weighted by atomic mass is 10.00. The lowest BCUT2D eigenvalue weighted by molar-refractivity contribution is 0.281. The van der Waals surface area contributed by atoms with Crippen LogP contribution in [0.1, 0.15) is 24.8 Å². The minimum absolute atomic E-state index is 0.281. The van der Waals surface area contributed by atoms with E-state index >= 15 is 0 Å². The summed E-state index contributed by atoms with van der Waals surface area (Å²) in [5.74, 6) is 0. The first-order valence-electron chi connectivity index (χ1n) is 7.49. The summed E-state index contributed by atoms with van der Waals surface area (Å²) < 4.78 is 2.34. The largest absolute Gasteiger partial charge is 0.396 e. The maximum absolute atomic E-state index is 8.94. The van der Waals surface area contributed by atoms with Crippen LogP contribution in [0, 0.1) is 0 Å². The van der Waals surface area contributed by atoms with E-state index in [-0.39, 0.29) is 6.61 Å². The molecule has 0 unspecified atom stereocenters. The zero-order valence-corrected chi connectivity index (χ0v) is 11.8. The molecule has 0 fully saturated rings. The van der Waals surface area contributed by atoms with Crippen molar-refractivity contribution in [2.24, 2.45) is 0 Å². The fourth-order valence-electron chi connectivity index (χ4n) is 2.95. The van der Waals surface area contributed by atoms with Gasteiger partial charge in [0.1, 0.15) is 0 Å². The summed E-state index contributed by atoms with van der Waals surface area (Å²) in [5.41, 5.74) is 4.15. The second kappa shape index (κ2) is 6.25. The molecule has 2 aromatic rings. The Morgan fingerprint density at radius 1 is 1.20 bits per heavy atom. The van der Waals surface area contributed by atoms with Gasteiger partial charge >= 0.3 is 0 Å². The molecule has 0 spiro atoms. The fourth-order valence-corrected chi connectivity index (χ4v) is 2.95. The number of nitrogens with one attached hydrogen (secondary N) is 1. The fraction of sp³-hybridized carbons (Fsp3) is 0.412. The third-order valence-electron chi connectivity index (χ3n) is 4.01. The van der Waals surface area contributed by atoms with E-state index in [4.69, 9.17) is 5.11 Å². The Morgan fingerprint density at radius 3 is 2.90 bits per heavy atom. The van der Waals surface area contributed by atoms with Crippen LogP contribution < -0.4 is 5.32 Å². The third-order valence-corrected chi connectivity index (χ3v) is 4.01. The molecule has 0 radical (unpaired) electrons. The predicted octanol–water partition coefficient (Wildman–Crippen LogP) is 2.79. The first-order chi connectivity index (χ1) is 9.90. The molecular weight excluding hydrogens is 248 g/mol. The lowest BCUT2D eigenvalue weighted by Gasteiger charge is -2.13. The summed E-state index contributed by atoms with van der Waals surface area (Å²) in [5, 5.41) is 13.7. The Hall–Kier alpha value is -1.58. The van der Waals surface area contributed by atoms with Crippen LogP contribution in [0.25, 0.3) is 16.5 Å². The van der Waals surface area contributed by atoms with Crippen molar-refractivity contribution in [1.29, 1.82) is 0 Å². The highest BCUT2D eigenvalue weighted by Crippen LogP contribution is 2.30. The van der Waals surface area contributed by atoms with E-state index in [0.29, 0.717) is 0 Å². The molecule has 0 atom stereocenters. The third kappa shape index (κ3) is 2.65. The van der Waals surface area contributed by atoms with E-state index in [1.165, 1.54) is 22.0 Å². The number of aliphatic hydroxyl groups excluding tert-OH is 1. The molecule has 1 aliphatic rings. The predicted molar refractivity (Wildman–Crippen MR) is 83.7 cm³/mol. The molecule has 2 N–H and O–H groups in total. The van der Waals surface area contributed by atoms with Crippen molar-refractivity contribution in [2.75, 3.05) is 19.7 Å². The van der Waals surface area contributed by atoms with Crippen LogP contribution in [0.5, 0.6) is 0 Å². The van der Waals surface area contributed by atoms with Gasteiger partial charge in [-0.2, -0.15) is 0 Å². The summed E-state index contributed by atoms with van der Waals surface area (Å²) in [6.07, 6.45) is 7.59. The average molecular weight is 270 g/mol. The van der Waals surface area contributed by atoms with Crippen molar-refractivity contribution in [3.63, 3.8) is 0 Å². The standard InChI is InChI=1S/C17H22N2O/c20-12-4-3-11-19-13-16(14-7-9-18-10-8-14)15-5-1-2-6-17(15)19/h1-2,5-7,13,18,20H,3-4,8-12H2.